The molecule has 0 bridgehead atoms. The predicted octanol–water partition coefficient (Wildman–Crippen LogP) is 5.17. The van der Waals surface area contributed by atoms with Crippen molar-refractivity contribution >= 4 is 22.5 Å². The molecule has 2 aromatic rings. The number of aromatic nitrogens is 1. The first-order valence-corrected chi connectivity index (χ1v) is 9.70. The van der Waals surface area contributed by atoms with Crippen LogP contribution in [0.3, 0.4) is 0 Å². The average Bonchev–Trinajstić information content (AvgIpc) is 3.23. The Kier molecular flexibility index (Phi) is 3.37. The van der Waals surface area contributed by atoms with E-state index in [1.54, 1.807) is 5.57 Å². The SMILES string of the molecule is CN1CCc2c(n(CC3(C=C4CCC4)CC3)c3ccc(Cl)cc23)C1. The Hall–Kier alpha value is -1.25. The van der Waals surface area contributed by atoms with E-state index < -0.39 is 0 Å². The maximum absolute atomic E-state index is 6.31. The van der Waals surface area contributed by atoms with Gasteiger partial charge in [-0.2, -0.15) is 0 Å². The van der Waals surface area contributed by atoms with Gasteiger partial charge in [0, 0.05) is 46.7 Å². The monoisotopic (exact) mass is 340 g/mol. The molecule has 126 valence electrons. The average molecular weight is 341 g/mol. The van der Waals surface area contributed by atoms with Crippen LogP contribution in [0.1, 0.15) is 43.4 Å². The molecule has 3 aliphatic rings. The molecule has 0 radical (unpaired) electrons. The Bertz CT molecular complexity index is 835. The van der Waals surface area contributed by atoms with E-state index in [2.05, 4.69) is 40.8 Å². The fourth-order valence-electron chi connectivity index (χ4n) is 4.51. The molecule has 1 aromatic heterocycles. The minimum atomic E-state index is 0.436. The van der Waals surface area contributed by atoms with Gasteiger partial charge in [0.2, 0.25) is 0 Å². The molecule has 0 unspecified atom stereocenters. The second-order valence-corrected chi connectivity index (χ2v) is 8.62. The van der Waals surface area contributed by atoms with Gasteiger partial charge in [-0.05, 0) is 69.3 Å². The maximum atomic E-state index is 6.31. The molecule has 0 atom stereocenters. The highest BCUT2D eigenvalue weighted by molar-refractivity contribution is 6.31. The molecule has 1 aliphatic heterocycles. The molecule has 5 rings (SSSR count). The zero-order valence-corrected chi connectivity index (χ0v) is 15.2. The van der Waals surface area contributed by atoms with Crippen LogP contribution >= 0.6 is 11.6 Å². The van der Waals surface area contributed by atoms with Gasteiger partial charge in [0.05, 0.1) is 0 Å². The van der Waals surface area contributed by atoms with E-state index in [-0.39, 0.29) is 0 Å². The summed E-state index contributed by atoms with van der Waals surface area (Å²) in [4.78, 5) is 2.45. The molecule has 2 fully saturated rings. The zero-order chi connectivity index (χ0) is 16.3. The summed E-state index contributed by atoms with van der Waals surface area (Å²) in [7, 11) is 2.24. The third-order valence-electron chi connectivity index (χ3n) is 6.28. The molecule has 0 spiro atoms. The summed E-state index contributed by atoms with van der Waals surface area (Å²) in [6, 6.07) is 6.48. The molecule has 2 heterocycles. The van der Waals surface area contributed by atoms with Crippen LogP contribution in [0.25, 0.3) is 10.9 Å². The summed E-state index contributed by atoms with van der Waals surface area (Å²) in [5.74, 6) is 0. The maximum Gasteiger partial charge on any atom is 0.0487 e. The molecule has 2 aliphatic carbocycles. The fraction of sp³-hybridized carbons (Fsp3) is 0.524. The number of halogens is 1. The summed E-state index contributed by atoms with van der Waals surface area (Å²) in [5, 5.41) is 2.25. The van der Waals surface area contributed by atoms with Crippen molar-refractivity contribution in [2.75, 3.05) is 13.6 Å². The number of nitrogens with zero attached hydrogens (tertiary/aromatic N) is 2. The topological polar surface area (TPSA) is 8.17 Å². The minimum Gasteiger partial charge on any atom is -0.342 e. The Morgan fingerprint density at radius 1 is 1.21 bits per heavy atom. The number of likely N-dealkylation sites (N-methyl/N-ethyl adjacent to an activating group) is 1. The lowest BCUT2D eigenvalue weighted by Gasteiger charge is -2.26. The largest absolute Gasteiger partial charge is 0.342 e. The molecule has 0 saturated heterocycles. The molecular weight excluding hydrogens is 316 g/mol. The first-order valence-electron chi connectivity index (χ1n) is 9.32. The van der Waals surface area contributed by atoms with E-state index in [4.69, 9.17) is 11.6 Å². The van der Waals surface area contributed by atoms with Crippen LogP contribution in [0, 0.1) is 5.41 Å². The lowest BCUT2D eigenvalue weighted by Crippen LogP contribution is -2.28. The standard InChI is InChI=1S/C21H25ClN2/c1-23-10-7-17-18-11-16(22)5-6-19(18)24(20(17)13-23)14-21(8-9-21)12-15-3-2-4-15/h5-6,11-12H,2-4,7-10,13-14H2,1H3. The van der Waals surface area contributed by atoms with Gasteiger partial charge in [0.15, 0.2) is 0 Å². The Balaban J connectivity index is 1.61. The Labute approximate surface area is 149 Å². The van der Waals surface area contributed by atoms with Gasteiger partial charge in [-0.15, -0.1) is 0 Å². The van der Waals surface area contributed by atoms with Crippen molar-refractivity contribution in [2.24, 2.45) is 5.41 Å². The van der Waals surface area contributed by atoms with Crippen LogP contribution in [0.5, 0.6) is 0 Å². The summed E-state index contributed by atoms with van der Waals surface area (Å²) < 4.78 is 2.62. The van der Waals surface area contributed by atoms with Crippen LogP contribution < -0.4 is 0 Å². The second-order valence-electron chi connectivity index (χ2n) is 8.18. The van der Waals surface area contributed by atoms with Gasteiger partial charge in [0.1, 0.15) is 0 Å². The fourth-order valence-corrected chi connectivity index (χ4v) is 4.68. The summed E-state index contributed by atoms with van der Waals surface area (Å²) >= 11 is 6.31. The van der Waals surface area contributed by atoms with Crippen molar-refractivity contribution in [1.82, 2.24) is 9.47 Å². The number of rotatable bonds is 3. The summed E-state index contributed by atoms with van der Waals surface area (Å²) in [5.41, 5.74) is 6.60. The van der Waals surface area contributed by atoms with Gasteiger partial charge < -0.3 is 9.47 Å². The first-order chi connectivity index (χ1) is 11.6. The smallest absolute Gasteiger partial charge is 0.0487 e. The van der Waals surface area contributed by atoms with E-state index >= 15 is 0 Å². The highest BCUT2D eigenvalue weighted by atomic mass is 35.5. The Morgan fingerprint density at radius 2 is 2.04 bits per heavy atom. The molecule has 2 nitrogen and oxygen atoms in total. The van der Waals surface area contributed by atoms with Crippen LogP contribution in [-0.2, 0) is 19.5 Å². The molecule has 1 aromatic carbocycles. The predicted molar refractivity (Wildman–Crippen MR) is 101 cm³/mol. The van der Waals surface area contributed by atoms with Crippen LogP contribution in [0.2, 0.25) is 5.02 Å². The van der Waals surface area contributed by atoms with E-state index in [0.29, 0.717) is 5.41 Å². The molecule has 2 saturated carbocycles. The number of hydrogen-bond acceptors (Lipinski definition) is 1. The third-order valence-corrected chi connectivity index (χ3v) is 6.52. The van der Waals surface area contributed by atoms with Gasteiger partial charge in [-0.1, -0.05) is 23.3 Å². The van der Waals surface area contributed by atoms with Crippen LogP contribution in [0.4, 0.5) is 0 Å². The molecule has 0 amide bonds. The van der Waals surface area contributed by atoms with Crippen molar-refractivity contribution in [3.8, 4) is 0 Å². The van der Waals surface area contributed by atoms with Crippen molar-refractivity contribution in [3.05, 3.63) is 46.1 Å². The highest BCUT2D eigenvalue weighted by Gasteiger charge is 2.42. The molecular formula is C21H25ClN2. The van der Waals surface area contributed by atoms with E-state index in [1.165, 1.54) is 54.3 Å². The summed E-state index contributed by atoms with van der Waals surface area (Å²) in [6.07, 6.45) is 10.6. The minimum absolute atomic E-state index is 0.436. The van der Waals surface area contributed by atoms with Gasteiger partial charge in [-0.25, -0.2) is 0 Å². The first kappa shape index (κ1) is 15.0. The quantitative estimate of drug-likeness (QED) is 0.699. The number of hydrogen-bond donors (Lipinski definition) is 0. The van der Waals surface area contributed by atoms with Gasteiger partial charge in [-0.3, -0.25) is 0 Å². The van der Waals surface area contributed by atoms with Crippen molar-refractivity contribution in [3.63, 3.8) is 0 Å². The van der Waals surface area contributed by atoms with Crippen molar-refractivity contribution in [1.29, 1.82) is 0 Å². The van der Waals surface area contributed by atoms with E-state index in [1.807, 2.05) is 0 Å². The van der Waals surface area contributed by atoms with Crippen molar-refractivity contribution < 1.29 is 0 Å². The molecule has 3 heteroatoms. The molecule has 0 N–H and O–H groups in total. The van der Waals surface area contributed by atoms with Gasteiger partial charge >= 0.3 is 0 Å². The number of allylic oxidation sites excluding steroid dienone is 2. The van der Waals surface area contributed by atoms with E-state index in [0.717, 1.165) is 31.1 Å². The summed E-state index contributed by atoms with van der Waals surface area (Å²) in [6.45, 7) is 3.36. The van der Waals surface area contributed by atoms with Gasteiger partial charge in [0.25, 0.3) is 0 Å². The second kappa shape index (κ2) is 5.37. The lowest BCUT2D eigenvalue weighted by molar-refractivity contribution is 0.300. The number of fused-ring (bicyclic) bond motifs is 3. The lowest BCUT2D eigenvalue weighted by atomic mass is 9.88. The van der Waals surface area contributed by atoms with E-state index in [9.17, 15) is 0 Å². The zero-order valence-electron chi connectivity index (χ0n) is 14.4. The highest BCUT2D eigenvalue weighted by Crippen LogP contribution is 2.52. The normalized spacial score (nSPS) is 22.3. The third kappa shape index (κ3) is 2.43. The molecule has 24 heavy (non-hydrogen) atoms. The van der Waals surface area contributed by atoms with Crippen molar-refractivity contribution in [2.45, 2.75) is 51.6 Å². The van der Waals surface area contributed by atoms with Crippen LogP contribution in [-0.4, -0.2) is 23.1 Å². The Morgan fingerprint density at radius 3 is 2.75 bits per heavy atom. The number of benzene rings is 1. The van der Waals surface area contributed by atoms with Crippen LogP contribution in [0.15, 0.2) is 29.8 Å².